The molecule has 0 aromatic heterocycles. The minimum atomic E-state index is -0.926. The predicted molar refractivity (Wildman–Crippen MR) is 65.6 cm³/mol. The number of amides is 1. The lowest BCUT2D eigenvalue weighted by molar-refractivity contribution is -0.142. The van der Waals surface area contributed by atoms with Gasteiger partial charge < -0.3 is 10.4 Å². The van der Waals surface area contributed by atoms with E-state index in [9.17, 15) is 9.59 Å². The predicted octanol–water partition coefficient (Wildman–Crippen LogP) is 2.18. The fourth-order valence-electron chi connectivity index (χ4n) is 2.49. The minimum Gasteiger partial charge on any atom is -0.480 e. The lowest BCUT2D eigenvalue weighted by Crippen LogP contribution is -2.41. The zero-order valence-electron chi connectivity index (χ0n) is 11.0. The number of rotatable bonds is 4. The first-order chi connectivity index (χ1) is 7.80. The third-order valence-corrected chi connectivity index (χ3v) is 3.70. The summed E-state index contributed by atoms with van der Waals surface area (Å²) in [6, 6.07) is -0.723. The van der Waals surface area contributed by atoms with Crippen LogP contribution in [0.1, 0.15) is 52.9 Å². The molecule has 1 fully saturated rings. The number of carbonyl (C=O) groups excluding carboxylic acids is 1. The van der Waals surface area contributed by atoms with E-state index in [4.69, 9.17) is 5.11 Å². The van der Waals surface area contributed by atoms with Crippen LogP contribution in [0.2, 0.25) is 0 Å². The van der Waals surface area contributed by atoms with E-state index in [1.165, 1.54) is 6.92 Å². The summed E-state index contributed by atoms with van der Waals surface area (Å²) in [6.45, 7) is 5.87. The summed E-state index contributed by atoms with van der Waals surface area (Å²) in [4.78, 5) is 22.0. The normalized spacial score (nSPS) is 21.8. The molecule has 0 aromatic carbocycles. The van der Waals surface area contributed by atoms with Crippen molar-refractivity contribution in [2.45, 2.75) is 58.9 Å². The minimum absolute atomic E-state index is 0.270. The van der Waals surface area contributed by atoms with Gasteiger partial charge >= 0.3 is 5.97 Å². The molecular formula is C13H23NO3. The third-order valence-electron chi connectivity index (χ3n) is 3.70. The Balaban J connectivity index is 2.46. The summed E-state index contributed by atoms with van der Waals surface area (Å²) in [5, 5.41) is 11.5. The molecule has 1 rings (SSSR count). The molecule has 0 spiro atoms. The van der Waals surface area contributed by atoms with Crippen molar-refractivity contribution in [3.63, 3.8) is 0 Å². The van der Waals surface area contributed by atoms with Crippen LogP contribution in [0.5, 0.6) is 0 Å². The second-order valence-corrected chi connectivity index (χ2v) is 5.93. The quantitative estimate of drug-likeness (QED) is 0.792. The van der Waals surface area contributed by atoms with Crippen molar-refractivity contribution in [3.05, 3.63) is 0 Å². The SMILES string of the molecule is CC(=O)NC(CC1CCC(C)(C)CC1)C(=O)O. The molecule has 98 valence electrons. The molecule has 0 saturated heterocycles. The number of hydrogen-bond donors (Lipinski definition) is 2. The number of carboxylic acids is 1. The molecule has 0 heterocycles. The van der Waals surface area contributed by atoms with Crippen molar-refractivity contribution in [1.29, 1.82) is 0 Å². The molecule has 4 nitrogen and oxygen atoms in total. The second kappa shape index (κ2) is 5.52. The van der Waals surface area contributed by atoms with Crippen LogP contribution in [0.15, 0.2) is 0 Å². The van der Waals surface area contributed by atoms with E-state index < -0.39 is 12.0 Å². The van der Waals surface area contributed by atoms with Gasteiger partial charge in [0.1, 0.15) is 6.04 Å². The Hall–Kier alpha value is -1.06. The molecule has 1 atom stereocenters. The maximum Gasteiger partial charge on any atom is 0.326 e. The van der Waals surface area contributed by atoms with E-state index in [0.717, 1.165) is 25.7 Å². The molecule has 17 heavy (non-hydrogen) atoms. The van der Waals surface area contributed by atoms with Crippen LogP contribution in [-0.4, -0.2) is 23.0 Å². The van der Waals surface area contributed by atoms with Crippen LogP contribution < -0.4 is 5.32 Å². The molecule has 0 aliphatic heterocycles. The van der Waals surface area contributed by atoms with Crippen molar-refractivity contribution in [3.8, 4) is 0 Å². The van der Waals surface area contributed by atoms with E-state index in [2.05, 4.69) is 19.2 Å². The van der Waals surface area contributed by atoms with Gasteiger partial charge in [0.15, 0.2) is 0 Å². The van der Waals surface area contributed by atoms with Gasteiger partial charge in [-0.1, -0.05) is 13.8 Å². The zero-order chi connectivity index (χ0) is 13.1. The Morgan fingerprint density at radius 3 is 2.29 bits per heavy atom. The van der Waals surface area contributed by atoms with Gasteiger partial charge in [-0.2, -0.15) is 0 Å². The standard InChI is InChI=1S/C13H23NO3/c1-9(15)14-11(12(16)17)8-10-4-6-13(2,3)7-5-10/h10-11H,4-8H2,1-3H3,(H,14,15)(H,16,17). The number of carbonyl (C=O) groups is 2. The molecular weight excluding hydrogens is 218 g/mol. The van der Waals surface area contributed by atoms with Crippen molar-refractivity contribution < 1.29 is 14.7 Å². The summed E-state index contributed by atoms with van der Waals surface area (Å²) in [7, 11) is 0. The number of carboxylic acid groups (broad SMARTS) is 1. The second-order valence-electron chi connectivity index (χ2n) is 5.93. The van der Waals surface area contributed by atoms with Crippen molar-refractivity contribution in [2.24, 2.45) is 11.3 Å². The molecule has 2 N–H and O–H groups in total. The highest BCUT2D eigenvalue weighted by Crippen LogP contribution is 2.39. The highest BCUT2D eigenvalue weighted by atomic mass is 16.4. The van der Waals surface area contributed by atoms with Crippen LogP contribution in [0.3, 0.4) is 0 Å². The molecule has 0 aromatic rings. The van der Waals surface area contributed by atoms with Crippen LogP contribution in [0.4, 0.5) is 0 Å². The largest absolute Gasteiger partial charge is 0.480 e. The molecule has 1 unspecified atom stereocenters. The highest BCUT2D eigenvalue weighted by molar-refractivity contribution is 5.82. The van der Waals surface area contributed by atoms with E-state index in [1.54, 1.807) is 0 Å². The average molecular weight is 241 g/mol. The van der Waals surface area contributed by atoms with Crippen molar-refractivity contribution in [2.75, 3.05) is 0 Å². The van der Waals surface area contributed by atoms with Gasteiger partial charge in [0.25, 0.3) is 0 Å². The summed E-state index contributed by atoms with van der Waals surface area (Å²) in [6.07, 6.45) is 4.98. The van der Waals surface area contributed by atoms with Crippen LogP contribution in [0, 0.1) is 11.3 Å². The summed E-state index contributed by atoms with van der Waals surface area (Å²) in [5.41, 5.74) is 0.392. The maximum atomic E-state index is 11.0. The Morgan fingerprint density at radius 2 is 1.88 bits per heavy atom. The van der Waals surface area contributed by atoms with E-state index in [1.807, 2.05) is 0 Å². The number of hydrogen-bond acceptors (Lipinski definition) is 2. The first-order valence-electron chi connectivity index (χ1n) is 6.30. The fraction of sp³-hybridized carbons (Fsp3) is 0.846. The molecule has 1 saturated carbocycles. The van der Waals surface area contributed by atoms with Crippen LogP contribution in [0.25, 0.3) is 0 Å². The zero-order valence-corrected chi connectivity index (χ0v) is 11.0. The Bertz CT molecular complexity index is 289. The number of aliphatic carboxylic acids is 1. The highest BCUT2D eigenvalue weighted by Gasteiger charge is 2.30. The smallest absolute Gasteiger partial charge is 0.326 e. The molecule has 1 aliphatic carbocycles. The molecule has 1 amide bonds. The molecule has 0 radical (unpaired) electrons. The molecule has 1 aliphatic rings. The van der Waals surface area contributed by atoms with Crippen LogP contribution >= 0.6 is 0 Å². The van der Waals surface area contributed by atoms with Gasteiger partial charge in [0, 0.05) is 6.92 Å². The van der Waals surface area contributed by atoms with Gasteiger partial charge in [0.2, 0.25) is 5.91 Å². The van der Waals surface area contributed by atoms with Crippen molar-refractivity contribution in [1.82, 2.24) is 5.32 Å². The van der Waals surface area contributed by atoms with Crippen molar-refractivity contribution >= 4 is 11.9 Å². The van der Waals surface area contributed by atoms with Gasteiger partial charge in [0.05, 0.1) is 0 Å². The molecule has 0 bridgehead atoms. The fourth-order valence-corrected chi connectivity index (χ4v) is 2.49. The van der Waals surface area contributed by atoms with Crippen LogP contribution in [-0.2, 0) is 9.59 Å². The molecule has 4 heteroatoms. The lowest BCUT2D eigenvalue weighted by atomic mass is 9.71. The van der Waals surface area contributed by atoms with E-state index in [0.29, 0.717) is 17.8 Å². The summed E-state index contributed by atoms with van der Waals surface area (Å²) < 4.78 is 0. The van der Waals surface area contributed by atoms with E-state index >= 15 is 0 Å². The maximum absolute atomic E-state index is 11.0. The Morgan fingerprint density at radius 1 is 1.35 bits per heavy atom. The topological polar surface area (TPSA) is 66.4 Å². The Labute approximate surface area is 103 Å². The average Bonchev–Trinajstić information content (AvgIpc) is 2.19. The first-order valence-corrected chi connectivity index (χ1v) is 6.30. The summed E-state index contributed by atoms with van der Waals surface area (Å²) >= 11 is 0. The van der Waals surface area contributed by atoms with Gasteiger partial charge in [-0.15, -0.1) is 0 Å². The number of nitrogens with one attached hydrogen (secondary N) is 1. The van der Waals surface area contributed by atoms with Gasteiger partial charge in [-0.05, 0) is 43.4 Å². The monoisotopic (exact) mass is 241 g/mol. The Kier molecular flexibility index (Phi) is 4.54. The lowest BCUT2D eigenvalue weighted by Gasteiger charge is -2.35. The third kappa shape index (κ3) is 4.75. The summed E-state index contributed by atoms with van der Waals surface area (Å²) in [5.74, 6) is -0.769. The van der Waals surface area contributed by atoms with Gasteiger partial charge in [-0.3, -0.25) is 4.79 Å². The van der Waals surface area contributed by atoms with Gasteiger partial charge in [-0.25, -0.2) is 4.79 Å². The first kappa shape index (κ1) is 14.0. The van der Waals surface area contributed by atoms with E-state index in [-0.39, 0.29) is 5.91 Å².